The monoisotopic (exact) mass is 566 g/mol. The number of rotatable bonds is 7. The number of nitrogen functional groups attached to an aromatic ring is 1. The molecule has 0 bridgehead atoms. The molecule has 2 unspecified atom stereocenters. The summed E-state index contributed by atoms with van der Waals surface area (Å²) in [6.45, 7) is 3.03. The van der Waals surface area contributed by atoms with Gasteiger partial charge in [-0.05, 0) is 49.6 Å². The summed E-state index contributed by atoms with van der Waals surface area (Å²) in [5.41, 5.74) is 7.75. The zero-order valence-electron chi connectivity index (χ0n) is 22.3. The number of aliphatic hydroxyl groups is 1. The number of halogens is 1. The van der Waals surface area contributed by atoms with Gasteiger partial charge in [-0.15, -0.1) is 0 Å². The van der Waals surface area contributed by atoms with Crippen molar-refractivity contribution in [3.8, 4) is 5.75 Å². The maximum atomic E-state index is 13.3. The summed E-state index contributed by atoms with van der Waals surface area (Å²) < 4.78 is 5.64. The van der Waals surface area contributed by atoms with Gasteiger partial charge < -0.3 is 35.6 Å². The summed E-state index contributed by atoms with van der Waals surface area (Å²) in [5.74, 6) is 0.915. The van der Waals surface area contributed by atoms with Gasteiger partial charge in [-0.3, -0.25) is 4.79 Å². The number of aromatic nitrogens is 1. The Bertz CT molecular complexity index is 1330. The van der Waals surface area contributed by atoms with Crippen molar-refractivity contribution in [2.24, 2.45) is 0 Å². The van der Waals surface area contributed by atoms with Crippen LogP contribution < -0.4 is 20.7 Å². The molecule has 4 N–H and O–H groups in total. The lowest BCUT2D eigenvalue weighted by atomic mass is 10.1. The quantitative estimate of drug-likeness (QED) is 0.401. The van der Waals surface area contributed by atoms with Gasteiger partial charge in [-0.1, -0.05) is 29.8 Å². The van der Waals surface area contributed by atoms with Crippen LogP contribution in [0.3, 0.4) is 0 Å². The Morgan fingerprint density at radius 3 is 2.65 bits per heavy atom. The minimum absolute atomic E-state index is 0.0839. The molecule has 3 amide bonds. The molecule has 1 aromatic heterocycles. The first-order chi connectivity index (χ1) is 19.4. The Morgan fingerprint density at radius 1 is 1.10 bits per heavy atom. The molecule has 0 saturated carbocycles. The maximum Gasteiger partial charge on any atom is 0.318 e. The van der Waals surface area contributed by atoms with Crippen molar-refractivity contribution < 1.29 is 19.4 Å². The van der Waals surface area contributed by atoms with E-state index in [1.165, 1.54) is 0 Å². The molecule has 2 fully saturated rings. The fourth-order valence-electron chi connectivity index (χ4n) is 5.29. The first-order valence-corrected chi connectivity index (χ1v) is 14.1. The number of likely N-dealkylation sites (tertiary alicyclic amines) is 1. The van der Waals surface area contributed by atoms with E-state index in [-0.39, 0.29) is 25.1 Å². The van der Waals surface area contributed by atoms with Crippen molar-refractivity contribution in [1.82, 2.24) is 20.1 Å². The van der Waals surface area contributed by atoms with E-state index >= 15 is 0 Å². The number of ether oxygens (including phenoxy) is 1. The number of urea groups is 1. The van der Waals surface area contributed by atoms with Crippen molar-refractivity contribution in [3.05, 3.63) is 59.6 Å². The number of nitrogens with zero attached hydrogens (tertiary/aromatic N) is 4. The lowest BCUT2D eigenvalue weighted by Gasteiger charge is -2.37. The molecule has 212 valence electrons. The standard InChI is InChI=1S/C29H35ClN6O4/c30-20-9-10-23-25(16-20)32-27(31)17-26(23)34-12-14-35(15-13-34)29(39)33-24-8-4-5-11-36(28(24)38)18-21(37)19-40-22-6-2-1-3-7-22/h1-3,6-7,9-10,16-17,21,24,37H,4-5,8,11-15,18-19H2,(H2,31,32)(H,33,39). The van der Waals surface area contributed by atoms with E-state index < -0.39 is 12.1 Å². The molecule has 2 aliphatic rings. The van der Waals surface area contributed by atoms with Crippen molar-refractivity contribution in [1.29, 1.82) is 0 Å². The Hall–Kier alpha value is -3.76. The molecule has 0 spiro atoms. The molecule has 10 nitrogen and oxygen atoms in total. The summed E-state index contributed by atoms with van der Waals surface area (Å²) in [5, 5.41) is 15.0. The molecule has 3 heterocycles. The Balaban J connectivity index is 1.15. The molecular weight excluding hydrogens is 532 g/mol. The molecule has 0 radical (unpaired) electrons. The van der Waals surface area contributed by atoms with Crippen LogP contribution in [-0.4, -0.2) is 89.8 Å². The topological polar surface area (TPSA) is 124 Å². The smallest absolute Gasteiger partial charge is 0.318 e. The summed E-state index contributed by atoms with van der Waals surface area (Å²) in [6, 6.07) is 15.8. The summed E-state index contributed by atoms with van der Waals surface area (Å²) >= 11 is 6.14. The minimum atomic E-state index is -0.832. The van der Waals surface area contributed by atoms with Gasteiger partial charge >= 0.3 is 6.03 Å². The molecule has 2 atom stereocenters. The van der Waals surface area contributed by atoms with E-state index in [9.17, 15) is 14.7 Å². The molecule has 2 aliphatic heterocycles. The van der Waals surface area contributed by atoms with E-state index in [1.807, 2.05) is 48.5 Å². The highest BCUT2D eigenvalue weighted by molar-refractivity contribution is 6.31. The van der Waals surface area contributed by atoms with Crippen LogP contribution in [0.25, 0.3) is 10.9 Å². The number of amides is 3. The van der Waals surface area contributed by atoms with Crippen molar-refractivity contribution in [3.63, 3.8) is 0 Å². The number of β-amino-alcohol motifs (C(OH)–C–C–N with tert-alkyl or cyclic N) is 1. The van der Waals surface area contributed by atoms with Gasteiger partial charge in [-0.2, -0.15) is 0 Å². The van der Waals surface area contributed by atoms with Gasteiger partial charge in [0, 0.05) is 61.4 Å². The zero-order chi connectivity index (χ0) is 28.1. The van der Waals surface area contributed by atoms with Crippen molar-refractivity contribution in [2.45, 2.75) is 31.4 Å². The van der Waals surface area contributed by atoms with E-state index in [1.54, 1.807) is 15.9 Å². The van der Waals surface area contributed by atoms with Crippen LogP contribution in [0.15, 0.2) is 54.6 Å². The van der Waals surface area contributed by atoms with Crippen LogP contribution in [0, 0.1) is 0 Å². The van der Waals surface area contributed by atoms with Gasteiger partial charge in [0.2, 0.25) is 5.91 Å². The second kappa shape index (κ2) is 12.6. The number of para-hydroxylation sites is 1. The van der Waals surface area contributed by atoms with Gasteiger partial charge in [0.05, 0.1) is 5.52 Å². The second-order valence-corrected chi connectivity index (χ2v) is 10.7. The van der Waals surface area contributed by atoms with Crippen LogP contribution in [0.1, 0.15) is 19.3 Å². The Kier molecular flexibility index (Phi) is 8.76. The van der Waals surface area contributed by atoms with Crippen LogP contribution >= 0.6 is 11.6 Å². The van der Waals surface area contributed by atoms with Crippen LogP contribution in [0.4, 0.5) is 16.3 Å². The Labute approximate surface area is 238 Å². The summed E-state index contributed by atoms with van der Waals surface area (Å²) in [4.78, 5) is 36.4. The average molecular weight is 567 g/mol. The third kappa shape index (κ3) is 6.68. The number of fused-ring (bicyclic) bond motifs is 1. The number of nitrogens with one attached hydrogen (secondary N) is 1. The van der Waals surface area contributed by atoms with Gasteiger partial charge in [0.15, 0.2) is 0 Å². The number of pyridine rings is 1. The molecule has 40 heavy (non-hydrogen) atoms. The number of aliphatic hydroxyl groups excluding tert-OH is 1. The van der Waals surface area contributed by atoms with E-state index in [0.717, 1.165) is 29.4 Å². The maximum absolute atomic E-state index is 13.3. The molecule has 2 aromatic carbocycles. The van der Waals surface area contributed by atoms with Gasteiger partial charge in [0.1, 0.15) is 30.3 Å². The van der Waals surface area contributed by atoms with Crippen molar-refractivity contribution in [2.75, 3.05) is 56.5 Å². The lowest BCUT2D eigenvalue weighted by molar-refractivity contribution is -0.134. The highest BCUT2D eigenvalue weighted by Gasteiger charge is 2.31. The number of benzene rings is 2. The van der Waals surface area contributed by atoms with E-state index in [2.05, 4.69) is 15.2 Å². The number of hydrogen-bond acceptors (Lipinski definition) is 7. The third-order valence-electron chi connectivity index (χ3n) is 7.37. The SMILES string of the molecule is Nc1cc(N2CCN(C(=O)NC3CCCCN(CC(O)COc4ccccc4)C3=O)CC2)c2ccc(Cl)cc2n1. The molecule has 3 aromatic rings. The zero-order valence-corrected chi connectivity index (χ0v) is 23.1. The minimum Gasteiger partial charge on any atom is -0.491 e. The molecule has 2 saturated heterocycles. The number of piperazine rings is 1. The van der Waals surface area contributed by atoms with Crippen LogP contribution in [0.2, 0.25) is 5.02 Å². The average Bonchev–Trinajstić information content (AvgIpc) is 3.12. The van der Waals surface area contributed by atoms with Crippen LogP contribution in [0.5, 0.6) is 5.75 Å². The molecular formula is C29H35ClN6O4. The van der Waals surface area contributed by atoms with Gasteiger partial charge in [-0.25, -0.2) is 9.78 Å². The molecule has 5 rings (SSSR count). The summed E-state index contributed by atoms with van der Waals surface area (Å²) in [6.07, 6.45) is 1.37. The fourth-order valence-corrected chi connectivity index (χ4v) is 5.46. The van der Waals surface area contributed by atoms with Gasteiger partial charge in [0.25, 0.3) is 0 Å². The van der Waals surface area contributed by atoms with Crippen molar-refractivity contribution >= 4 is 45.9 Å². The first-order valence-electron chi connectivity index (χ1n) is 13.7. The molecule has 11 heteroatoms. The summed E-state index contributed by atoms with van der Waals surface area (Å²) in [7, 11) is 0. The number of hydrogen-bond donors (Lipinski definition) is 3. The predicted molar refractivity (Wildman–Crippen MR) is 156 cm³/mol. The lowest BCUT2D eigenvalue weighted by Crippen LogP contribution is -2.56. The third-order valence-corrected chi connectivity index (χ3v) is 7.61. The largest absolute Gasteiger partial charge is 0.491 e. The second-order valence-electron chi connectivity index (χ2n) is 10.3. The first kappa shape index (κ1) is 27.8. The number of carbonyl (C=O) groups is 2. The number of anilines is 2. The highest BCUT2D eigenvalue weighted by atomic mass is 35.5. The van der Waals surface area contributed by atoms with Crippen LogP contribution in [-0.2, 0) is 4.79 Å². The Morgan fingerprint density at radius 2 is 1.88 bits per heavy atom. The normalized spacial score (nSPS) is 18.9. The van der Waals surface area contributed by atoms with E-state index in [4.69, 9.17) is 22.1 Å². The fraction of sp³-hybridized carbons (Fsp3) is 0.414. The molecule has 0 aliphatic carbocycles. The number of nitrogens with two attached hydrogens (primary N) is 1. The number of carbonyl (C=O) groups excluding carboxylic acids is 2. The van der Waals surface area contributed by atoms with E-state index in [0.29, 0.717) is 55.7 Å². The highest BCUT2D eigenvalue weighted by Crippen LogP contribution is 2.30. The predicted octanol–water partition coefficient (Wildman–Crippen LogP) is 3.12.